The molecule has 0 radical (unpaired) electrons. The highest BCUT2D eigenvalue weighted by atomic mass is 16.6. The van der Waals surface area contributed by atoms with Crippen molar-refractivity contribution in [2.24, 2.45) is 5.92 Å². The zero-order chi connectivity index (χ0) is 21.1. The van der Waals surface area contributed by atoms with Gasteiger partial charge in [0.1, 0.15) is 23.8 Å². The molecule has 0 spiro atoms. The van der Waals surface area contributed by atoms with Crippen LogP contribution in [0.15, 0.2) is 18.3 Å². The van der Waals surface area contributed by atoms with Crippen LogP contribution in [-0.4, -0.2) is 49.5 Å². The Balaban J connectivity index is 1.54. The molecule has 3 heterocycles. The molecule has 0 bridgehead atoms. The van der Waals surface area contributed by atoms with Crippen molar-refractivity contribution in [1.82, 2.24) is 19.7 Å². The molecule has 0 aliphatic carbocycles. The summed E-state index contributed by atoms with van der Waals surface area (Å²) in [6.45, 7) is 5.93. The number of nitrogens with zero attached hydrogens (tertiary/aromatic N) is 5. The van der Waals surface area contributed by atoms with Gasteiger partial charge >= 0.3 is 5.69 Å². The van der Waals surface area contributed by atoms with Gasteiger partial charge in [0.25, 0.3) is 0 Å². The monoisotopic (exact) mass is 400 g/mol. The molecule has 2 aromatic heterocycles. The van der Waals surface area contributed by atoms with Gasteiger partial charge in [-0.25, -0.2) is 4.98 Å². The van der Waals surface area contributed by atoms with Crippen LogP contribution in [0.2, 0.25) is 0 Å². The first-order chi connectivity index (χ1) is 13.8. The molecule has 10 heteroatoms. The van der Waals surface area contributed by atoms with Crippen molar-refractivity contribution in [3.05, 3.63) is 45.4 Å². The van der Waals surface area contributed by atoms with Gasteiger partial charge in [-0.1, -0.05) is 6.07 Å². The molecule has 29 heavy (non-hydrogen) atoms. The summed E-state index contributed by atoms with van der Waals surface area (Å²) in [4.78, 5) is 41.5. The number of anilines is 1. The number of carbonyl (C=O) groups excluding carboxylic acids is 2. The van der Waals surface area contributed by atoms with Crippen LogP contribution in [0.4, 0.5) is 11.5 Å². The molecule has 1 saturated heterocycles. The SMILES string of the molecule is Cc1ccc(NC(=O)C2CCN(C(=O)Cn3nc(C)c([N+](=O)[O-])c3C)CC2)nc1. The fraction of sp³-hybridized carbons (Fsp3) is 0.474. The molecule has 0 atom stereocenters. The van der Waals surface area contributed by atoms with Crippen molar-refractivity contribution < 1.29 is 14.5 Å². The van der Waals surface area contributed by atoms with E-state index in [9.17, 15) is 19.7 Å². The van der Waals surface area contributed by atoms with E-state index in [1.807, 2.05) is 13.0 Å². The van der Waals surface area contributed by atoms with Gasteiger partial charge in [-0.3, -0.25) is 24.4 Å². The summed E-state index contributed by atoms with van der Waals surface area (Å²) in [5.74, 6) is 0.0781. The number of carbonyl (C=O) groups is 2. The van der Waals surface area contributed by atoms with Gasteiger partial charge < -0.3 is 10.2 Å². The molecule has 3 rings (SSSR count). The first kappa shape index (κ1) is 20.4. The summed E-state index contributed by atoms with van der Waals surface area (Å²) in [5, 5.41) is 18.0. The van der Waals surface area contributed by atoms with Gasteiger partial charge in [-0.15, -0.1) is 0 Å². The summed E-state index contributed by atoms with van der Waals surface area (Å²) in [6, 6.07) is 3.65. The van der Waals surface area contributed by atoms with E-state index in [4.69, 9.17) is 0 Å². The fourth-order valence-electron chi connectivity index (χ4n) is 3.49. The lowest BCUT2D eigenvalue weighted by molar-refractivity contribution is -0.386. The highest BCUT2D eigenvalue weighted by Gasteiger charge is 2.29. The Hall–Kier alpha value is -3.30. The Bertz CT molecular complexity index is 929. The second kappa shape index (κ2) is 8.38. The van der Waals surface area contributed by atoms with Crippen LogP contribution in [0, 0.1) is 36.8 Å². The normalized spacial score (nSPS) is 14.7. The van der Waals surface area contributed by atoms with Crippen LogP contribution < -0.4 is 5.32 Å². The number of nitro groups is 1. The maximum absolute atomic E-state index is 12.6. The number of amides is 2. The minimum absolute atomic E-state index is 0.0509. The quantitative estimate of drug-likeness (QED) is 0.605. The smallest absolute Gasteiger partial charge is 0.312 e. The molecule has 154 valence electrons. The third kappa shape index (κ3) is 4.58. The van der Waals surface area contributed by atoms with Crippen LogP contribution in [0.5, 0.6) is 0 Å². The van der Waals surface area contributed by atoms with E-state index in [1.165, 1.54) is 4.68 Å². The average molecular weight is 400 g/mol. The molecule has 0 unspecified atom stereocenters. The zero-order valence-electron chi connectivity index (χ0n) is 16.7. The number of hydrogen-bond donors (Lipinski definition) is 1. The van der Waals surface area contributed by atoms with E-state index >= 15 is 0 Å². The Morgan fingerprint density at radius 3 is 2.48 bits per heavy atom. The van der Waals surface area contributed by atoms with Crippen molar-refractivity contribution in [3.8, 4) is 0 Å². The summed E-state index contributed by atoms with van der Waals surface area (Å²) < 4.78 is 1.37. The molecular formula is C19H24N6O4. The largest absolute Gasteiger partial charge is 0.341 e. The van der Waals surface area contributed by atoms with E-state index in [1.54, 1.807) is 31.0 Å². The second-order valence-corrected chi connectivity index (χ2v) is 7.30. The molecule has 0 aromatic carbocycles. The molecule has 1 aliphatic rings. The third-order valence-corrected chi connectivity index (χ3v) is 5.19. The van der Waals surface area contributed by atoms with Gasteiger partial charge in [0.2, 0.25) is 11.8 Å². The van der Waals surface area contributed by atoms with Crippen LogP contribution in [0.3, 0.4) is 0 Å². The minimum Gasteiger partial charge on any atom is -0.341 e. The Kier molecular flexibility index (Phi) is 5.90. The summed E-state index contributed by atoms with van der Waals surface area (Å²) >= 11 is 0. The van der Waals surface area contributed by atoms with Crippen LogP contribution in [0.1, 0.15) is 29.8 Å². The van der Waals surface area contributed by atoms with Crippen molar-refractivity contribution >= 4 is 23.3 Å². The van der Waals surface area contributed by atoms with Crippen LogP contribution in [-0.2, 0) is 16.1 Å². The fourth-order valence-corrected chi connectivity index (χ4v) is 3.49. The lowest BCUT2D eigenvalue weighted by atomic mass is 9.96. The standard InChI is InChI=1S/C19H24N6O4/c1-12-4-5-16(20-10-12)21-19(27)15-6-8-23(9-7-15)17(26)11-24-14(3)18(25(28)29)13(2)22-24/h4-5,10,15H,6-9,11H2,1-3H3,(H,20,21,27). The van der Waals surface area contributed by atoms with Crippen molar-refractivity contribution in [3.63, 3.8) is 0 Å². The van der Waals surface area contributed by atoms with Gasteiger partial charge in [-0.2, -0.15) is 5.10 Å². The molecule has 0 saturated carbocycles. The molecule has 1 fully saturated rings. The minimum atomic E-state index is -0.481. The predicted octanol–water partition coefficient (Wildman–Crippen LogP) is 1.99. The summed E-state index contributed by atoms with van der Waals surface area (Å²) in [5.41, 5.74) is 1.61. The van der Waals surface area contributed by atoms with E-state index < -0.39 is 4.92 Å². The number of likely N-dealkylation sites (tertiary alicyclic amines) is 1. The Labute approximate surface area is 168 Å². The first-order valence-electron chi connectivity index (χ1n) is 9.46. The number of nitrogens with one attached hydrogen (secondary N) is 1. The summed E-state index contributed by atoms with van der Waals surface area (Å²) in [7, 11) is 0. The highest BCUT2D eigenvalue weighted by molar-refractivity contribution is 5.91. The Morgan fingerprint density at radius 1 is 1.24 bits per heavy atom. The number of pyridine rings is 1. The van der Waals surface area contributed by atoms with Crippen LogP contribution in [0.25, 0.3) is 0 Å². The van der Waals surface area contributed by atoms with Crippen molar-refractivity contribution in [2.75, 3.05) is 18.4 Å². The predicted molar refractivity (Wildman–Crippen MR) is 105 cm³/mol. The molecule has 1 aliphatic heterocycles. The van der Waals surface area contributed by atoms with Crippen molar-refractivity contribution in [2.45, 2.75) is 40.2 Å². The molecule has 1 N–H and O–H groups in total. The molecule has 2 aromatic rings. The third-order valence-electron chi connectivity index (χ3n) is 5.19. The first-order valence-corrected chi connectivity index (χ1v) is 9.46. The molecule has 10 nitrogen and oxygen atoms in total. The number of piperidine rings is 1. The van der Waals surface area contributed by atoms with E-state index in [2.05, 4.69) is 15.4 Å². The van der Waals surface area contributed by atoms with Crippen molar-refractivity contribution in [1.29, 1.82) is 0 Å². The highest BCUT2D eigenvalue weighted by Crippen LogP contribution is 2.23. The topological polar surface area (TPSA) is 123 Å². The maximum atomic E-state index is 12.6. The van der Waals surface area contributed by atoms with Crippen LogP contribution >= 0.6 is 0 Å². The van der Waals surface area contributed by atoms with E-state index in [0.717, 1.165) is 5.56 Å². The van der Waals surface area contributed by atoms with Gasteiger partial charge in [-0.05, 0) is 45.2 Å². The number of hydrogen-bond acceptors (Lipinski definition) is 6. The lowest BCUT2D eigenvalue weighted by Gasteiger charge is -2.31. The van der Waals surface area contributed by atoms with Gasteiger partial charge in [0.05, 0.1) is 4.92 Å². The molecular weight excluding hydrogens is 376 g/mol. The second-order valence-electron chi connectivity index (χ2n) is 7.30. The Morgan fingerprint density at radius 2 is 1.93 bits per heavy atom. The van der Waals surface area contributed by atoms with Gasteiger partial charge in [0, 0.05) is 25.2 Å². The van der Waals surface area contributed by atoms with E-state index in [-0.39, 0.29) is 30.0 Å². The van der Waals surface area contributed by atoms with Gasteiger partial charge in [0.15, 0.2) is 0 Å². The molecule has 2 amide bonds. The number of rotatable bonds is 5. The zero-order valence-corrected chi connectivity index (χ0v) is 16.7. The lowest BCUT2D eigenvalue weighted by Crippen LogP contribution is -2.43. The average Bonchev–Trinajstić information content (AvgIpc) is 2.96. The number of aryl methyl sites for hydroxylation is 2. The maximum Gasteiger partial charge on any atom is 0.312 e. The summed E-state index contributed by atoms with van der Waals surface area (Å²) in [6.07, 6.45) is 2.81. The van der Waals surface area contributed by atoms with E-state index in [0.29, 0.717) is 43.1 Å². The number of aromatic nitrogens is 3.